The summed E-state index contributed by atoms with van der Waals surface area (Å²) in [5.74, 6) is 0. The smallest absolute Gasteiger partial charge is 0.00139 e. The van der Waals surface area contributed by atoms with Crippen molar-refractivity contribution in [3.05, 3.63) is 243 Å². The fourth-order valence-corrected chi connectivity index (χ4v) is 9.11. The molecular weight excluding hydrogens is 721 g/mol. The average molecular weight is 761 g/mol. The molecule has 0 saturated heterocycles. The maximum atomic E-state index is 2.45. The number of hydrogen-bond acceptors (Lipinski definition) is 0. The normalized spacial score (nSPS) is 11.3. The summed E-state index contributed by atoms with van der Waals surface area (Å²) in [6.45, 7) is 0. The molecule has 0 nitrogen and oxygen atoms in total. The Hall–Kier alpha value is -7.80. The molecule has 0 unspecified atom stereocenters. The van der Waals surface area contributed by atoms with Crippen molar-refractivity contribution < 1.29 is 0 Å². The predicted molar refractivity (Wildman–Crippen MR) is 257 cm³/mol. The Labute approximate surface area is 351 Å². The van der Waals surface area contributed by atoms with Gasteiger partial charge in [-0.3, -0.25) is 0 Å². The topological polar surface area (TPSA) is 0 Å². The van der Waals surface area contributed by atoms with Crippen LogP contribution in [0.3, 0.4) is 0 Å². The van der Waals surface area contributed by atoms with E-state index < -0.39 is 0 Å². The van der Waals surface area contributed by atoms with E-state index in [1.54, 1.807) is 0 Å². The number of fused-ring (bicyclic) bond motifs is 6. The minimum atomic E-state index is 1.20. The summed E-state index contributed by atoms with van der Waals surface area (Å²) in [4.78, 5) is 0. The van der Waals surface area contributed by atoms with Crippen molar-refractivity contribution in [2.24, 2.45) is 0 Å². The van der Waals surface area contributed by atoms with Crippen LogP contribution >= 0.6 is 0 Å². The molecule has 0 saturated carbocycles. The first-order chi connectivity index (χ1) is 29.7. The molecule has 0 aliphatic carbocycles. The number of rotatable bonds is 7. The van der Waals surface area contributed by atoms with Crippen LogP contribution in [-0.2, 0) is 0 Å². The molecule has 60 heavy (non-hydrogen) atoms. The van der Waals surface area contributed by atoms with E-state index in [1.807, 2.05) is 0 Å². The minimum Gasteiger partial charge on any atom is -0.0622 e. The Morgan fingerprint density at radius 3 is 0.900 bits per heavy atom. The van der Waals surface area contributed by atoms with Gasteiger partial charge >= 0.3 is 0 Å². The van der Waals surface area contributed by atoms with Gasteiger partial charge in [0, 0.05) is 0 Å². The zero-order valence-electron chi connectivity index (χ0n) is 33.1. The Bertz CT molecular complexity index is 3330. The third kappa shape index (κ3) is 6.46. The molecule has 280 valence electrons. The summed E-state index contributed by atoms with van der Waals surface area (Å²) < 4.78 is 0. The SMILES string of the molecule is c1ccc(-c2cccc(-c3ccc4c5cc(-c6ccccc6)ccc5c5c(-c6cccc(-c7ccccc7)c6)ccc(-c6cccc(-c7ccccc7)c6)c5c4c3)c2)cc1. The van der Waals surface area contributed by atoms with Gasteiger partial charge < -0.3 is 0 Å². The van der Waals surface area contributed by atoms with Crippen LogP contribution in [-0.4, -0.2) is 0 Å². The van der Waals surface area contributed by atoms with E-state index in [1.165, 1.54) is 110 Å². The fourth-order valence-electron chi connectivity index (χ4n) is 9.11. The standard InChI is InChI=1S/C60H40/c1-5-16-41(17-6-1)45-24-13-27-48(36-45)50-30-32-55-57-39-49(44-22-11-4-12-23-44)31-33-56(57)59-53(51-28-14-25-46(37-51)42-18-7-2-8-19-42)34-35-54(60(59)58(55)40-50)52-29-15-26-47(38-52)43-20-9-3-10-21-43/h1-40H. The third-order valence-electron chi connectivity index (χ3n) is 12.0. The van der Waals surface area contributed by atoms with Gasteiger partial charge in [0.15, 0.2) is 0 Å². The summed E-state index contributed by atoms with van der Waals surface area (Å²) >= 11 is 0. The molecule has 0 aliphatic rings. The molecule has 0 fully saturated rings. The van der Waals surface area contributed by atoms with Gasteiger partial charge in [0.05, 0.1) is 0 Å². The first-order valence-electron chi connectivity index (χ1n) is 20.7. The van der Waals surface area contributed by atoms with Crippen LogP contribution in [0.4, 0.5) is 0 Å². The highest BCUT2D eigenvalue weighted by atomic mass is 14.2. The Morgan fingerprint density at radius 2 is 0.450 bits per heavy atom. The van der Waals surface area contributed by atoms with Crippen LogP contribution in [0, 0.1) is 0 Å². The molecular formula is C60H40. The average Bonchev–Trinajstić information content (AvgIpc) is 3.34. The molecule has 0 spiro atoms. The summed E-state index contributed by atoms with van der Waals surface area (Å²) in [6, 6.07) is 88.9. The quantitative estimate of drug-likeness (QED) is 0.142. The summed E-state index contributed by atoms with van der Waals surface area (Å²) in [7, 11) is 0. The predicted octanol–water partition coefficient (Wildman–Crippen LogP) is 16.8. The molecule has 0 bridgehead atoms. The fraction of sp³-hybridized carbons (Fsp3) is 0. The van der Waals surface area contributed by atoms with Crippen molar-refractivity contribution in [3.63, 3.8) is 0 Å². The van der Waals surface area contributed by atoms with E-state index in [0.29, 0.717) is 0 Å². The molecule has 0 atom stereocenters. The highest BCUT2D eigenvalue weighted by molar-refractivity contribution is 6.32. The lowest BCUT2D eigenvalue weighted by Gasteiger charge is -2.20. The molecule has 11 aromatic rings. The molecule has 11 rings (SSSR count). The first-order valence-corrected chi connectivity index (χ1v) is 20.7. The molecule has 0 amide bonds. The highest BCUT2D eigenvalue weighted by Gasteiger charge is 2.19. The Balaban J connectivity index is 1.25. The van der Waals surface area contributed by atoms with Crippen molar-refractivity contribution in [1.82, 2.24) is 0 Å². The van der Waals surface area contributed by atoms with E-state index in [2.05, 4.69) is 243 Å². The molecule has 0 radical (unpaired) electrons. The lowest BCUT2D eigenvalue weighted by molar-refractivity contribution is 1.59. The maximum Gasteiger partial charge on any atom is -0.00139 e. The maximum absolute atomic E-state index is 2.45. The van der Waals surface area contributed by atoms with Crippen molar-refractivity contribution in [2.75, 3.05) is 0 Å². The van der Waals surface area contributed by atoms with Crippen molar-refractivity contribution in [2.45, 2.75) is 0 Å². The number of hydrogen-bond donors (Lipinski definition) is 0. The van der Waals surface area contributed by atoms with Crippen molar-refractivity contribution in [3.8, 4) is 77.9 Å². The van der Waals surface area contributed by atoms with Gasteiger partial charge in [-0.2, -0.15) is 0 Å². The van der Waals surface area contributed by atoms with Crippen LogP contribution in [0.25, 0.3) is 110 Å². The monoisotopic (exact) mass is 760 g/mol. The molecule has 0 heteroatoms. The molecule has 0 N–H and O–H groups in total. The molecule has 11 aromatic carbocycles. The van der Waals surface area contributed by atoms with Crippen LogP contribution in [0.1, 0.15) is 0 Å². The van der Waals surface area contributed by atoms with E-state index >= 15 is 0 Å². The highest BCUT2D eigenvalue weighted by Crippen LogP contribution is 2.47. The second-order valence-corrected chi connectivity index (χ2v) is 15.6. The number of benzene rings is 11. The van der Waals surface area contributed by atoms with Gasteiger partial charge in [-0.05, 0) is 141 Å². The molecule has 0 aromatic heterocycles. The lowest BCUT2D eigenvalue weighted by Crippen LogP contribution is -1.93. The minimum absolute atomic E-state index is 1.20. The second-order valence-electron chi connectivity index (χ2n) is 15.6. The first kappa shape index (κ1) is 35.4. The van der Waals surface area contributed by atoms with Crippen LogP contribution in [0.5, 0.6) is 0 Å². The second kappa shape index (κ2) is 15.2. The van der Waals surface area contributed by atoms with E-state index in [0.717, 1.165) is 0 Å². The summed E-state index contributed by atoms with van der Waals surface area (Å²) in [5, 5.41) is 7.51. The van der Waals surface area contributed by atoms with Gasteiger partial charge in [0.25, 0.3) is 0 Å². The van der Waals surface area contributed by atoms with Crippen molar-refractivity contribution in [1.29, 1.82) is 0 Å². The summed E-state index contributed by atoms with van der Waals surface area (Å²) in [5.41, 5.74) is 16.9. The van der Waals surface area contributed by atoms with E-state index in [-0.39, 0.29) is 0 Å². The van der Waals surface area contributed by atoms with Crippen LogP contribution in [0.15, 0.2) is 243 Å². The molecule has 0 aliphatic heterocycles. The van der Waals surface area contributed by atoms with Crippen molar-refractivity contribution >= 4 is 32.3 Å². The van der Waals surface area contributed by atoms with Gasteiger partial charge in [-0.25, -0.2) is 0 Å². The Kier molecular flexibility index (Phi) is 8.95. The zero-order chi connectivity index (χ0) is 39.8. The largest absolute Gasteiger partial charge is 0.0622 e. The summed E-state index contributed by atoms with van der Waals surface area (Å²) in [6.07, 6.45) is 0. The molecule has 0 heterocycles. The Morgan fingerprint density at radius 1 is 0.150 bits per heavy atom. The van der Waals surface area contributed by atoms with Gasteiger partial charge in [0.2, 0.25) is 0 Å². The van der Waals surface area contributed by atoms with Gasteiger partial charge in [-0.15, -0.1) is 0 Å². The third-order valence-corrected chi connectivity index (χ3v) is 12.0. The van der Waals surface area contributed by atoms with Crippen LogP contribution < -0.4 is 0 Å². The van der Waals surface area contributed by atoms with Crippen LogP contribution in [0.2, 0.25) is 0 Å². The zero-order valence-corrected chi connectivity index (χ0v) is 33.1. The van der Waals surface area contributed by atoms with Gasteiger partial charge in [0.1, 0.15) is 0 Å². The van der Waals surface area contributed by atoms with E-state index in [9.17, 15) is 0 Å². The lowest BCUT2D eigenvalue weighted by atomic mass is 9.83. The van der Waals surface area contributed by atoms with E-state index in [4.69, 9.17) is 0 Å². The van der Waals surface area contributed by atoms with Gasteiger partial charge in [-0.1, -0.05) is 212 Å².